The SMILES string of the molecule is NCC1=CC=CC(OC(F)(F)C(F)F)(c2cccc(Oc3cc(Br)ccc3F)c2)C1. The van der Waals surface area contributed by atoms with E-state index < -0.39 is 24.0 Å². The molecule has 0 radical (unpaired) electrons. The lowest BCUT2D eigenvalue weighted by molar-refractivity contribution is -0.337. The normalized spacial score (nSPS) is 19.1. The predicted molar refractivity (Wildman–Crippen MR) is 105 cm³/mol. The van der Waals surface area contributed by atoms with Crippen molar-refractivity contribution in [2.45, 2.75) is 24.6 Å². The first-order chi connectivity index (χ1) is 14.1. The van der Waals surface area contributed by atoms with Gasteiger partial charge in [-0.1, -0.05) is 45.8 Å². The lowest BCUT2D eigenvalue weighted by atomic mass is 9.83. The van der Waals surface area contributed by atoms with Crippen molar-refractivity contribution in [1.29, 1.82) is 0 Å². The van der Waals surface area contributed by atoms with Crippen molar-refractivity contribution in [1.82, 2.24) is 0 Å². The van der Waals surface area contributed by atoms with Crippen LogP contribution in [0.5, 0.6) is 11.5 Å². The summed E-state index contributed by atoms with van der Waals surface area (Å²) in [5.74, 6) is -0.620. The highest BCUT2D eigenvalue weighted by Gasteiger charge is 2.50. The van der Waals surface area contributed by atoms with Crippen molar-refractivity contribution < 1.29 is 31.4 Å². The summed E-state index contributed by atoms with van der Waals surface area (Å²) in [5.41, 5.74) is 4.39. The van der Waals surface area contributed by atoms with E-state index in [-0.39, 0.29) is 30.0 Å². The summed E-state index contributed by atoms with van der Waals surface area (Å²) in [6, 6.07) is 9.81. The van der Waals surface area contributed by atoms with Gasteiger partial charge in [-0.15, -0.1) is 0 Å². The molecule has 30 heavy (non-hydrogen) atoms. The van der Waals surface area contributed by atoms with Crippen molar-refractivity contribution in [3.63, 3.8) is 0 Å². The van der Waals surface area contributed by atoms with Crippen LogP contribution in [0.1, 0.15) is 12.0 Å². The Hall–Kier alpha value is -2.23. The molecule has 0 spiro atoms. The number of hydrogen-bond acceptors (Lipinski definition) is 3. The molecule has 3 rings (SSSR count). The van der Waals surface area contributed by atoms with Crippen LogP contribution in [-0.4, -0.2) is 19.1 Å². The second-order valence-electron chi connectivity index (χ2n) is 6.62. The standard InChI is InChI=1S/C21H17BrF5NO2/c22-15-6-7-17(23)18(10-15)29-16-5-1-4-14(9-16)20(30-21(26,27)19(24)25)8-2-3-13(11-20)12-28/h1-10,19H,11-12,28H2. The van der Waals surface area contributed by atoms with Crippen molar-refractivity contribution in [2.24, 2.45) is 5.73 Å². The fourth-order valence-electron chi connectivity index (χ4n) is 3.05. The van der Waals surface area contributed by atoms with Gasteiger partial charge in [-0.2, -0.15) is 8.78 Å². The molecule has 0 fully saturated rings. The first kappa shape index (κ1) is 22.5. The summed E-state index contributed by atoms with van der Waals surface area (Å²) in [6.07, 6.45) is -4.58. The first-order valence-electron chi connectivity index (χ1n) is 8.82. The van der Waals surface area contributed by atoms with Crippen LogP contribution < -0.4 is 10.5 Å². The van der Waals surface area contributed by atoms with Crippen LogP contribution in [0, 0.1) is 5.82 Å². The number of alkyl halides is 4. The van der Waals surface area contributed by atoms with Crippen LogP contribution >= 0.6 is 15.9 Å². The smallest absolute Gasteiger partial charge is 0.417 e. The molecule has 0 saturated carbocycles. The number of allylic oxidation sites excluding steroid dienone is 2. The Morgan fingerprint density at radius 2 is 1.93 bits per heavy atom. The lowest BCUT2D eigenvalue weighted by Gasteiger charge is -2.37. The zero-order valence-corrected chi connectivity index (χ0v) is 17.0. The molecule has 2 aromatic rings. The van der Waals surface area contributed by atoms with E-state index in [1.165, 1.54) is 54.6 Å². The molecule has 2 aromatic carbocycles. The van der Waals surface area contributed by atoms with Gasteiger partial charge in [0, 0.05) is 17.4 Å². The quantitative estimate of drug-likeness (QED) is 0.464. The van der Waals surface area contributed by atoms with Gasteiger partial charge in [0.2, 0.25) is 0 Å². The predicted octanol–water partition coefficient (Wildman–Crippen LogP) is 6.30. The van der Waals surface area contributed by atoms with Crippen LogP contribution in [0.15, 0.2) is 70.7 Å². The highest BCUT2D eigenvalue weighted by atomic mass is 79.9. The fourth-order valence-corrected chi connectivity index (χ4v) is 3.39. The van der Waals surface area contributed by atoms with Gasteiger partial charge < -0.3 is 10.5 Å². The van der Waals surface area contributed by atoms with E-state index in [0.29, 0.717) is 10.0 Å². The van der Waals surface area contributed by atoms with Crippen molar-refractivity contribution in [3.05, 3.63) is 82.1 Å². The second kappa shape index (κ2) is 8.87. The Kier molecular flexibility index (Phi) is 6.64. The van der Waals surface area contributed by atoms with Crippen molar-refractivity contribution >= 4 is 15.9 Å². The molecule has 0 saturated heterocycles. The molecule has 0 aliphatic heterocycles. The van der Waals surface area contributed by atoms with Crippen LogP contribution in [0.2, 0.25) is 0 Å². The maximum atomic E-state index is 14.0. The third kappa shape index (κ3) is 4.91. The van der Waals surface area contributed by atoms with E-state index in [4.69, 9.17) is 15.2 Å². The maximum Gasteiger partial charge on any atom is 0.417 e. The van der Waals surface area contributed by atoms with E-state index in [1.807, 2.05) is 0 Å². The van der Waals surface area contributed by atoms with Gasteiger partial charge in [-0.25, -0.2) is 13.2 Å². The molecular formula is C21H17BrF5NO2. The van der Waals surface area contributed by atoms with Crippen LogP contribution in [0.3, 0.4) is 0 Å². The van der Waals surface area contributed by atoms with Crippen LogP contribution in [0.25, 0.3) is 0 Å². The number of benzene rings is 2. The second-order valence-corrected chi connectivity index (χ2v) is 7.54. The molecule has 160 valence electrons. The van der Waals surface area contributed by atoms with Crippen molar-refractivity contribution in [2.75, 3.05) is 6.54 Å². The van der Waals surface area contributed by atoms with E-state index in [9.17, 15) is 22.0 Å². The van der Waals surface area contributed by atoms with Gasteiger partial charge in [0.05, 0.1) is 0 Å². The number of ether oxygens (including phenoxy) is 2. The minimum atomic E-state index is -4.70. The summed E-state index contributed by atoms with van der Waals surface area (Å²) in [4.78, 5) is 0. The van der Waals surface area contributed by atoms with Gasteiger partial charge in [-0.05, 0) is 42.0 Å². The molecule has 1 aliphatic carbocycles. The molecule has 0 heterocycles. The van der Waals surface area contributed by atoms with Gasteiger partial charge in [0.1, 0.15) is 11.4 Å². The Labute approximate surface area is 178 Å². The third-order valence-corrected chi connectivity index (χ3v) is 4.96. The average molecular weight is 490 g/mol. The lowest BCUT2D eigenvalue weighted by Crippen LogP contribution is -2.42. The fraction of sp³-hybridized carbons (Fsp3) is 0.238. The zero-order valence-electron chi connectivity index (χ0n) is 15.4. The Morgan fingerprint density at radius 3 is 2.63 bits per heavy atom. The van der Waals surface area contributed by atoms with Gasteiger partial charge in [-0.3, -0.25) is 4.74 Å². The highest BCUT2D eigenvalue weighted by Crippen LogP contribution is 2.44. The monoisotopic (exact) mass is 489 g/mol. The average Bonchev–Trinajstić information content (AvgIpc) is 2.70. The molecular weight excluding hydrogens is 473 g/mol. The van der Waals surface area contributed by atoms with Gasteiger partial charge in [0.15, 0.2) is 11.6 Å². The third-order valence-electron chi connectivity index (χ3n) is 4.47. The number of nitrogens with two attached hydrogens (primary N) is 1. The maximum absolute atomic E-state index is 14.0. The minimum absolute atomic E-state index is 0.0368. The largest absolute Gasteiger partial charge is 0.454 e. The van der Waals surface area contributed by atoms with Gasteiger partial charge >= 0.3 is 12.5 Å². The molecule has 1 unspecified atom stereocenters. The summed E-state index contributed by atoms with van der Waals surface area (Å²) in [6.45, 7) is 0.0368. The molecule has 0 amide bonds. The summed E-state index contributed by atoms with van der Waals surface area (Å²) in [5, 5.41) is 0. The Bertz CT molecular complexity index is 980. The Balaban J connectivity index is 2.00. The molecule has 3 nitrogen and oxygen atoms in total. The summed E-state index contributed by atoms with van der Waals surface area (Å²) >= 11 is 3.21. The summed E-state index contributed by atoms with van der Waals surface area (Å²) < 4.78 is 78.3. The van der Waals surface area contributed by atoms with E-state index in [2.05, 4.69) is 15.9 Å². The number of rotatable bonds is 7. The molecule has 0 bridgehead atoms. The highest BCUT2D eigenvalue weighted by molar-refractivity contribution is 9.10. The first-order valence-corrected chi connectivity index (χ1v) is 9.61. The van der Waals surface area contributed by atoms with Crippen LogP contribution in [-0.2, 0) is 10.3 Å². The van der Waals surface area contributed by atoms with Gasteiger partial charge in [0.25, 0.3) is 0 Å². The molecule has 0 aromatic heterocycles. The van der Waals surface area contributed by atoms with E-state index >= 15 is 0 Å². The molecule has 9 heteroatoms. The molecule has 2 N–H and O–H groups in total. The molecule has 1 atom stereocenters. The summed E-state index contributed by atoms with van der Waals surface area (Å²) in [7, 11) is 0. The number of halogens is 6. The topological polar surface area (TPSA) is 44.5 Å². The van der Waals surface area contributed by atoms with E-state index in [0.717, 1.165) is 0 Å². The minimum Gasteiger partial charge on any atom is -0.454 e. The van der Waals surface area contributed by atoms with Crippen molar-refractivity contribution in [3.8, 4) is 11.5 Å². The Morgan fingerprint density at radius 1 is 1.17 bits per heavy atom. The van der Waals surface area contributed by atoms with E-state index in [1.54, 1.807) is 6.08 Å². The molecule has 1 aliphatic rings. The van der Waals surface area contributed by atoms with Crippen LogP contribution in [0.4, 0.5) is 22.0 Å². The number of hydrogen-bond donors (Lipinski definition) is 1. The zero-order chi connectivity index (χ0) is 21.9.